The Morgan fingerprint density at radius 1 is 1.10 bits per heavy atom. The Morgan fingerprint density at radius 3 is 2.57 bits per heavy atom. The number of nitrogens with zero attached hydrogens (tertiary/aromatic N) is 3. The maximum absolute atomic E-state index is 12.8. The molecule has 0 saturated carbocycles. The lowest BCUT2D eigenvalue weighted by Gasteiger charge is -2.35. The lowest BCUT2D eigenvalue weighted by Crippen LogP contribution is -2.49. The van der Waals surface area contributed by atoms with Crippen molar-refractivity contribution in [1.29, 1.82) is 0 Å². The molecule has 1 fully saturated rings. The van der Waals surface area contributed by atoms with E-state index >= 15 is 0 Å². The van der Waals surface area contributed by atoms with Gasteiger partial charge in [-0.15, -0.1) is 0 Å². The third kappa shape index (κ3) is 3.89. The van der Waals surface area contributed by atoms with Crippen LogP contribution in [0.3, 0.4) is 0 Å². The van der Waals surface area contributed by atoms with Crippen LogP contribution in [0.25, 0.3) is 11.0 Å². The minimum atomic E-state index is -0.399. The van der Waals surface area contributed by atoms with Crippen molar-refractivity contribution < 1.29 is 18.7 Å². The van der Waals surface area contributed by atoms with Crippen LogP contribution in [0.15, 0.2) is 57.9 Å². The monoisotopic (exact) mass is 407 g/mol. The zero-order valence-electron chi connectivity index (χ0n) is 16.5. The normalized spacial score (nSPS) is 14.0. The number of aromatic nitrogens is 1. The Balaban J connectivity index is 1.42. The summed E-state index contributed by atoms with van der Waals surface area (Å²) in [4.78, 5) is 44.9. The Kier molecular flexibility index (Phi) is 5.47. The molecule has 1 aliphatic heterocycles. The molecule has 8 heteroatoms. The van der Waals surface area contributed by atoms with E-state index in [9.17, 15) is 14.4 Å². The van der Waals surface area contributed by atoms with Gasteiger partial charge >= 0.3 is 5.97 Å². The van der Waals surface area contributed by atoms with Crippen LogP contribution in [-0.2, 0) is 4.74 Å². The van der Waals surface area contributed by atoms with E-state index in [2.05, 4.69) is 4.98 Å². The van der Waals surface area contributed by atoms with Crippen molar-refractivity contribution >= 4 is 28.7 Å². The number of fused-ring (bicyclic) bond motifs is 1. The van der Waals surface area contributed by atoms with Gasteiger partial charge in [0, 0.05) is 38.4 Å². The molecule has 2 aromatic heterocycles. The van der Waals surface area contributed by atoms with Crippen LogP contribution < -0.4 is 10.3 Å². The number of pyridine rings is 1. The summed E-state index contributed by atoms with van der Waals surface area (Å²) < 4.78 is 10.6. The number of piperazine rings is 1. The van der Waals surface area contributed by atoms with Gasteiger partial charge in [-0.1, -0.05) is 12.1 Å². The van der Waals surface area contributed by atoms with Crippen molar-refractivity contribution in [2.75, 3.05) is 37.7 Å². The predicted octanol–water partition coefficient (Wildman–Crippen LogP) is 2.33. The standard InChI is InChI=1S/C22H21N3O5/c1-2-29-22(28)15-7-8-20(23-14-15)24-9-11-25(12-10-24)21(27)19-13-17(26)16-5-3-4-6-18(16)30-19/h3-8,13-14H,2,9-12H2,1H3. The minimum absolute atomic E-state index is 0.0454. The highest BCUT2D eigenvalue weighted by Crippen LogP contribution is 2.17. The molecule has 4 rings (SSSR count). The van der Waals surface area contributed by atoms with E-state index < -0.39 is 5.97 Å². The van der Waals surface area contributed by atoms with E-state index in [0.717, 1.165) is 5.82 Å². The van der Waals surface area contributed by atoms with Gasteiger partial charge in [0.25, 0.3) is 5.91 Å². The SMILES string of the molecule is CCOC(=O)c1ccc(N2CCN(C(=O)c3cc(=O)c4ccccc4o3)CC2)nc1. The average molecular weight is 407 g/mol. The fourth-order valence-corrected chi connectivity index (χ4v) is 3.41. The van der Waals surface area contributed by atoms with Gasteiger partial charge in [-0.05, 0) is 31.2 Å². The molecule has 154 valence electrons. The molecular weight excluding hydrogens is 386 g/mol. The first-order chi connectivity index (χ1) is 14.6. The molecule has 8 nitrogen and oxygen atoms in total. The van der Waals surface area contributed by atoms with Crippen LogP contribution in [0.1, 0.15) is 27.8 Å². The summed E-state index contributed by atoms with van der Waals surface area (Å²) in [6.07, 6.45) is 1.49. The van der Waals surface area contributed by atoms with Gasteiger partial charge in [-0.3, -0.25) is 9.59 Å². The van der Waals surface area contributed by atoms with Crippen LogP contribution in [0.2, 0.25) is 0 Å². The number of esters is 1. The number of amides is 1. The van der Waals surface area contributed by atoms with Crippen LogP contribution in [0.5, 0.6) is 0 Å². The first-order valence-corrected chi connectivity index (χ1v) is 9.77. The van der Waals surface area contributed by atoms with Gasteiger partial charge in [0.15, 0.2) is 11.2 Å². The van der Waals surface area contributed by atoms with Crippen LogP contribution in [-0.4, -0.2) is 54.5 Å². The average Bonchev–Trinajstić information content (AvgIpc) is 2.79. The maximum Gasteiger partial charge on any atom is 0.339 e. The summed E-state index contributed by atoms with van der Waals surface area (Å²) in [6, 6.07) is 11.6. The molecule has 0 radical (unpaired) electrons. The number of rotatable bonds is 4. The molecule has 0 bridgehead atoms. The van der Waals surface area contributed by atoms with Crippen molar-refractivity contribution in [2.24, 2.45) is 0 Å². The molecule has 1 saturated heterocycles. The summed E-state index contributed by atoms with van der Waals surface area (Å²) >= 11 is 0. The fraction of sp³-hybridized carbons (Fsp3) is 0.273. The van der Waals surface area contributed by atoms with Crippen LogP contribution in [0, 0.1) is 0 Å². The first-order valence-electron chi connectivity index (χ1n) is 9.77. The van der Waals surface area contributed by atoms with Crippen LogP contribution >= 0.6 is 0 Å². The number of carbonyl (C=O) groups excluding carboxylic acids is 2. The van der Waals surface area contributed by atoms with Gasteiger partial charge in [0.2, 0.25) is 0 Å². The number of benzene rings is 1. The third-order valence-electron chi connectivity index (χ3n) is 5.00. The Labute approximate surface area is 172 Å². The molecule has 0 unspecified atom stereocenters. The van der Waals surface area contributed by atoms with Crippen molar-refractivity contribution in [2.45, 2.75) is 6.92 Å². The van der Waals surface area contributed by atoms with Crippen LogP contribution in [0.4, 0.5) is 5.82 Å². The third-order valence-corrected chi connectivity index (χ3v) is 5.00. The van der Waals surface area contributed by atoms with Crippen molar-refractivity contribution in [3.05, 3.63) is 70.2 Å². The number of carbonyl (C=O) groups is 2. The summed E-state index contributed by atoms with van der Waals surface area (Å²) in [5, 5.41) is 0.455. The highest BCUT2D eigenvalue weighted by Gasteiger charge is 2.25. The summed E-state index contributed by atoms with van der Waals surface area (Å²) in [6.45, 7) is 4.16. The molecule has 1 amide bonds. The number of hydrogen-bond acceptors (Lipinski definition) is 7. The van der Waals surface area contributed by atoms with Gasteiger partial charge in [0.05, 0.1) is 17.6 Å². The number of anilines is 1. The Hall–Kier alpha value is -3.68. The molecule has 3 aromatic rings. The summed E-state index contributed by atoms with van der Waals surface area (Å²) in [7, 11) is 0. The van der Waals surface area contributed by atoms with E-state index in [0.29, 0.717) is 49.3 Å². The molecule has 30 heavy (non-hydrogen) atoms. The van der Waals surface area contributed by atoms with Gasteiger partial charge in [-0.2, -0.15) is 0 Å². The summed E-state index contributed by atoms with van der Waals surface area (Å²) in [5.74, 6) is 0.0726. The Bertz CT molecular complexity index is 1130. The van der Waals surface area contributed by atoms with Crippen molar-refractivity contribution in [3.8, 4) is 0 Å². The predicted molar refractivity (Wildman–Crippen MR) is 111 cm³/mol. The number of hydrogen-bond donors (Lipinski definition) is 0. The zero-order chi connectivity index (χ0) is 21.1. The lowest BCUT2D eigenvalue weighted by atomic mass is 10.2. The van der Waals surface area contributed by atoms with E-state index in [1.807, 2.05) is 4.90 Å². The Morgan fingerprint density at radius 2 is 1.87 bits per heavy atom. The molecule has 0 N–H and O–H groups in total. The van der Waals surface area contributed by atoms with Crippen molar-refractivity contribution in [1.82, 2.24) is 9.88 Å². The maximum atomic E-state index is 12.8. The van der Waals surface area contributed by atoms with E-state index in [1.165, 1.54) is 12.3 Å². The van der Waals surface area contributed by atoms with E-state index in [4.69, 9.17) is 9.15 Å². The molecule has 0 atom stereocenters. The van der Waals surface area contributed by atoms with Crippen molar-refractivity contribution in [3.63, 3.8) is 0 Å². The lowest BCUT2D eigenvalue weighted by molar-refractivity contribution is 0.0525. The minimum Gasteiger partial charge on any atom is -0.462 e. The first kappa shape index (κ1) is 19.6. The smallest absolute Gasteiger partial charge is 0.339 e. The molecule has 1 aromatic carbocycles. The molecule has 3 heterocycles. The van der Waals surface area contributed by atoms with Gasteiger partial charge in [-0.25, -0.2) is 9.78 Å². The molecule has 0 aliphatic carbocycles. The van der Waals surface area contributed by atoms with E-state index in [-0.39, 0.29) is 17.1 Å². The fourth-order valence-electron chi connectivity index (χ4n) is 3.41. The quantitative estimate of drug-likeness (QED) is 0.613. The van der Waals surface area contributed by atoms with Gasteiger partial charge < -0.3 is 19.0 Å². The van der Waals surface area contributed by atoms with Gasteiger partial charge in [0.1, 0.15) is 11.4 Å². The highest BCUT2D eigenvalue weighted by molar-refractivity contribution is 5.93. The molecular formula is C22H21N3O5. The largest absolute Gasteiger partial charge is 0.462 e. The second-order valence-electron chi connectivity index (χ2n) is 6.88. The summed E-state index contributed by atoms with van der Waals surface area (Å²) in [5.41, 5.74) is 0.573. The topological polar surface area (TPSA) is 93.0 Å². The second-order valence-corrected chi connectivity index (χ2v) is 6.88. The zero-order valence-corrected chi connectivity index (χ0v) is 16.5. The van der Waals surface area contributed by atoms with E-state index in [1.54, 1.807) is 48.2 Å². The second kappa shape index (κ2) is 8.36. The highest BCUT2D eigenvalue weighted by atomic mass is 16.5. The number of para-hydroxylation sites is 1. The molecule has 1 aliphatic rings. The number of ether oxygens (including phenoxy) is 1. The molecule has 0 spiro atoms.